The van der Waals surface area contributed by atoms with Gasteiger partial charge in [-0.1, -0.05) is 11.6 Å². The SMILES string of the molecule is CN(CC(=O)NC(C)(C)C)S(=O)(=O)c1ccc(C#N)c(Cl)c1. The predicted octanol–water partition coefficient (Wildman–Crippen LogP) is 1.75. The highest BCUT2D eigenvalue weighted by Crippen LogP contribution is 2.22. The van der Waals surface area contributed by atoms with Gasteiger partial charge in [-0.3, -0.25) is 4.79 Å². The smallest absolute Gasteiger partial charge is 0.243 e. The number of nitrogens with one attached hydrogen (secondary N) is 1. The van der Waals surface area contributed by atoms with Gasteiger partial charge in [0.15, 0.2) is 0 Å². The van der Waals surface area contributed by atoms with Crippen LogP contribution in [-0.4, -0.2) is 37.8 Å². The Morgan fingerprint density at radius 3 is 2.45 bits per heavy atom. The standard InChI is InChI=1S/C14H18ClN3O3S/c1-14(2,3)17-13(19)9-18(4)22(20,21)11-6-5-10(8-16)12(15)7-11/h5-7H,9H2,1-4H3,(H,17,19). The highest BCUT2D eigenvalue weighted by Gasteiger charge is 2.25. The van der Waals surface area contributed by atoms with E-state index in [1.165, 1.54) is 25.2 Å². The van der Waals surface area contributed by atoms with Gasteiger partial charge in [-0.25, -0.2) is 8.42 Å². The second-order valence-electron chi connectivity index (χ2n) is 5.81. The first kappa shape index (κ1) is 18.4. The summed E-state index contributed by atoms with van der Waals surface area (Å²) in [5.74, 6) is -0.404. The van der Waals surface area contributed by atoms with Crippen molar-refractivity contribution in [2.45, 2.75) is 31.2 Å². The fourth-order valence-electron chi connectivity index (χ4n) is 1.67. The van der Waals surface area contributed by atoms with E-state index in [-0.39, 0.29) is 22.0 Å². The van der Waals surface area contributed by atoms with Crippen molar-refractivity contribution < 1.29 is 13.2 Å². The van der Waals surface area contributed by atoms with Crippen molar-refractivity contribution in [1.29, 1.82) is 5.26 Å². The number of carbonyl (C=O) groups excluding carboxylic acids is 1. The normalized spacial score (nSPS) is 12.0. The first-order valence-electron chi connectivity index (χ1n) is 6.44. The average Bonchev–Trinajstić information content (AvgIpc) is 2.35. The van der Waals surface area contributed by atoms with Gasteiger partial charge in [-0.05, 0) is 39.0 Å². The van der Waals surface area contributed by atoms with Crippen LogP contribution in [0.2, 0.25) is 5.02 Å². The maximum absolute atomic E-state index is 12.4. The third-order valence-electron chi connectivity index (χ3n) is 2.65. The van der Waals surface area contributed by atoms with Crippen LogP contribution >= 0.6 is 11.6 Å². The molecule has 0 fully saturated rings. The first-order valence-corrected chi connectivity index (χ1v) is 8.26. The summed E-state index contributed by atoms with van der Waals surface area (Å²) in [5.41, 5.74) is -0.256. The fourth-order valence-corrected chi connectivity index (χ4v) is 3.11. The summed E-state index contributed by atoms with van der Waals surface area (Å²) in [7, 11) is -2.55. The zero-order chi connectivity index (χ0) is 17.1. The summed E-state index contributed by atoms with van der Waals surface area (Å²) in [6.07, 6.45) is 0. The second-order valence-corrected chi connectivity index (χ2v) is 8.26. The van der Waals surface area contributed by atoms with Crippen molar-refractivity contribution in [2.24, 2.45) is 0 Å². The predicted molar refractivity (Wildman–Crippen MR) is 83.9 cm³/mol. The number of nitriles is 1. The van der Waals surface area contributed by atoms with Crippen molar-refractivity contribution >= 4 is 27.5 Å². The number of hydrogen-bond acceptors (Lipinski definition) is 4. The highest BCUT2D eigenvalue weighted by atomic mass is 35.5. The zero-order valence-corrected chi connectivity index (χ0v) is 14.4. The van der Waals surface area contributed by atoms with Crippen molar-refractivity contribution in [3.8, 4) is 6.07 Å². The van der Waals surface area contributed by atoms with Gasteiger partial charge in [0.05, 0.1) is 22.0 Å². The van der Waals surface area contributed by atoms with Crippen molar-refractivity contribution in [3.05, 3.63) is 28.8 Å². The van der Waals surface area contributed by atoms with Crippen LogP contribution in [0, 0.1) is 11.3 Å². The number of carbonyl (C=O) groups is 1. The monoisotopic (exact) mass is 343 g/mol. The highest BCUT2D eigenvalue weighted by molar-refractivity contribution is 7.89. The molecule has 0 atom stereocenters. The van der Waals surface area contributed by atoms with Crippen molar-refractivity contribution in [2.75, 3.05) is 13.6 Å². The summed E-state index contributed by atoms with van der Waals surface area (Å²) < 4.78 is 25.7. The molecule has 1 aromatic rings. The molecule has 1 rings (SSSR count). The van der Waals surface area contributed by atoms with Gasteiger partial charge in [0.1, 0.15) is 6.07 Å². The van der Waals surface area contributed by atoms with Gasteiger partial charge in [-0.15, -0.1) is 0 Å². The Morgan fingerprint density at radius 2 is 2.00 bits per heavy atom. The summed E-state index contributed by atoms with van der Waals surface area (Å²) in [4.78, 5) is 11.8. The third kappa shape index (κ3) is 4.70. The molecule has 0 radical (unpaired) electrons. The third-order valence-corrected chi connectivity index (χ3v) is 4.76. The van der Waals surface area contributed by atoms with Crippen LogP contribution in [0.1, 0.15) is 26.3 Å². The lowest BCUT2D eigenvalue weighted by Crippen LogP contribution is -2.46. The summed E-state index contributed by atoms with van der Waals surface area (Å²) in [6.45, 7) is 5.11. The summed E-state index contributed by atoms with van der Waals surface area (Å²) >= 11 is 5.85. The van der Waals surface area contributed by atoms with E-state index >= 15 is 0 Å². The molecule has 0 aliphatic carbocycles. The molecule has 1 N–H and O–H groups in total. The Bertz CT molecular complexity index is 718. The van der Waals surface area contributed by atoms with Crippen LogP contribution in [-0.2, 0) is 14.8 Å². The van der Waals surface area contributed by atoms with Gasteiger partial charge in [0.2, 0.25) is 15.9 Å². The lowest BCUT2D eigenvalue weighted by molar-refractivity contribution is -0.122. The van der Waals surface area contributed by atoms with Crippen molar-refractivity contribution in [1.82, 2.24) is 9.62 Å². The number of rotatable bonds is 4. The number of nitrogens with zero attached hydrogens (tertiary/aromatic N) is 2. The van der Waals surface area contributed by atoms with Gasteiger partial charge < -0.3 is 5.32 Å². The fraction of sp³-hybridized carbons (Fsp3) is 0.429. The minimum absolute atomic E-state index is 0.0520. The van der Waals surface area contributed by atoms with E-state index in [1.54, 1.807) is 20.8 Å². The Hall–Kier alpha value is -1.62. The molecule has 0 bridgehead atoms. The molecule has 1 aromatic carbocycles. The molecule has 0 heterocycles. The van der Waals surface area contributed by atoms with E-state index in [2.05, 4.69) is 5.32 Å². The van der Waals surface area contributed by atoms with E-state index in [9.17, 15) is 13.2 Å². The van der Waals surface area contributed by atoms with Crippen molar-refractivity contribution in [3.63, 3.8) is 0 Å². The first-order chi connectivity index (χ1) is 9.97. The molecule has 8 heteroatoms. The number of likely N-dealkylation sites (N-methyl/N-ethyl adjacent to an activating group) is 1. The molecule has 6 nitrogen and oxygen atoms in total. The van der Waals surface area contributed by atoms with E-state index in [1.807, 2.05) is 6.07 Å². The molecular formula is C14H18ClN3O3S. The van der Waals surface area contributed by atoms with Gasteiger partial charge in [0, 0.05) is 12.6 Å². The minimum atomic E-state index is -3.86. The van der Waals surface area contributed by atoms with Crippen LogP contribution in [0.4, 0.5) is 0 Å². The number of hydrogen-bond donors (Lipinski definition) is 1. The topological polar surface area (TPSA) is 90.3 Å². The van der Waals surface area contributed by atoms with Gasteiger partial charge >= 0.3 is 0 Å². The molecule has 0 aliphatic rings. The lowest BCUT2D eigenvalue weighted by Gasteiger charge is -2.23. The van der Waals surface area contributed by atoms with Crippen LogP contribution in [0.15, 0.2) is 23.1 Å². The quantitative estimate of drug-likeness (QED) is 0.901. The number of amides is 1. The van der Waals surface area contributed by atoms with Gasteiger partial charge in [0.25, 0.3) is 0 Å². The maximum Gasteiger partial charge on any atom is 0.243 e. The van der Waals surface area contributed by atoms with Crippen LogP contribution < -0.4 is 5.32 Å². The molecule has 0 aromatic heterocycles. The van der Waals surface area contributed by atoms with Crippen LogP contribution in [0.25, 0.3) is 0 Å². The van der Waals surface area contributed by atoms with E-state index in [4.69, 9.17) is 16.9 Å². The summed E-state index contributed by atoms with van der Waals surface area (Å²) in [6, 6.07) is 5.68. The lowest BCUT2D eigenvalue weighted by atomic mass is 10.1. The zero-order valence-electron chi connectivity index (χ0n) is 12.8. The molecule has 0 saturated heterocycles. The molecule has 0 aliphatic heterocycles. The maximum atomic E-state index is 12.4. The van der Waals surface area contributed by atoms with Crippen LogP contribution in [0.3, 0.4) is 0 Å². The second kappa shape index (κ2) is 6.65. The van der Waals surface area contributed by atoms with E-state index in [0.717, 1.165) is 4.31 Å². The molecule has 0 unspecified atom stereocenters. The molecule has 0 spiro atoms. The molecular weight excluding hydrogens is 326 g/mol. The molecule has 0 saturated carbocycles. The Morgan fingerprint density at radius 1 is 1.41 bits per heavy atom. The minimum Gasteiger partial charge on any atom is -0.350 e. The molecule has 22 heavy (non-hydrogen) atoms. The Labute approximate surface area is 135 Å². The van der Waals surface area contributed by atoms with E-state index < -0.39 is 21.5 Å². The summed E-state index contributed by atoms with van der Waals surface area (Å²) in [5, 5.41) is 11.5. The number of sulfonamides is 1. The Kier molecular flexibility index (Phi) is 5.57. The average molecular weight is 344 g/mol. The Balaban J connectivity index is 2.97. The van der Waals surface area contributed by atoms with Gasteiger partial charge in [-0.2, -0.15) is 9.57 Å². The number of halogens is 1. The molecule has 1 amide bonds. The largest absolute Gasteiger partial charge is 0.350 e. The molecule has 120 valence electrons. The van der Waals surface area contributed by atoms with E-state index in [0.29, 0.717) is 0 Å². The van der Waals surface area contributed by atoms with Crippen LogP contribution in [0.5, 0.6) is 0 Å². The number of benzene rings is 1.